The lowest BCUT2D eigenvalue weighted by Gasteiger charge is -2.20. The number of aliphatic hydroxyl groups is 1. The van der Waals surface area contributed by atoms with Gasteiger partial charge in [-0.1, -0.05) is 68.2 Å². The van der Waals surface area contributed by atoms with Crippen molar-refractivity contribution in [1.29, 1.82) is 0 Å². The van der Waals surface area contributed by atoms with Crippen molar-refractivity contribution in [2.24, 2.45) is 0 Å². The maximum Gasteiger partial charge on any atom is 0.0943 e. The highest BCUT2D eigenvalue weighted by atomic mass is 35.5. The summed E-state index contributed by atoms with van der Waals surface area (Å²) in [5, 5.41) is 14.4. The van der Waals surface area contributed by atoms with E-state index in [1.165, 1.54) is 18.1 Å². The summed E-state index contributed by atoms with van der Waals surface area (Å²) in [5.41, 5.74) is 0.549. The summed E-state index contributed by atoms with van der Waals surface area (Å²) in [6.45, 7) is 12.3. The van der Waals surface area contributed by atoms with Crippen molar-refractivity contribution in [3.8, 4) is 0 Å². The Balaban J connectivity index is 0.000000445. The predicted octanol–water partition coefficient (Wildman–Crippen LogP) is 5.85. The van der Waals surface area contributed by atoms with Gasteiger partial charge in [-0.25, -0.2) is 0 Å². The lowest BCUT2D eigenvalue weighted by Crippen LogP contribution is -2.32. The smallest absolute Gasteiger partial charge is 0.0943 e. The molecule has 0 bridgehead atoms. The van der Waals surface area contributed by atoms with Crippen LogP contribution in [0.15, 0.2) is 18.2 Å². The van der Waals surface area contributed by atoms with E-state index in [0.29, 0.717) is 22.2 Å². The molecule has 27 heavy (non-hydrogen) atoms. The molecule has 0 aromatic heterocycles. The molecule has 0 amide bonds. The van der Waals surface area contributed by atoms with Crippen LogP contribution in [0.3, 0.4) is 0 Å². The maximum absolute atomic E-state index is 10.2. The molecule has 156 valence electrons. The van der Waals surface area contributed by atoms with Crippen LogP contribution >= 0.6 is 23.2 Å². The lowest BCUT2D eigenvalue weighted by molar-refractivity contribution is -0.0150. The third kappa shape index (κ3) is 8.84. The molecular formula is C21H37Cl2NO2Si. The number of ether oxygens (including phenoxy) is 1. The van der Waals surface area contributed by atoms with Crippen molar-refractivity contribution in [3.63, 3.8) is 0 Å². The van der Waals surface area contributed by atoms with Gasteiger partial charge < -0.3 is 15.2 Å². The normalized spacial score (nSPS) is 19.7. The Labute approximate surface area is 177 Å². The van der Waals surface area contributed by atoms with Gasteiger partial charge in [0.25, 0.3) is 0 Å². The first kappa shape index (κ1) is 24.9. The Bertz CT molecular complexity index is 527. The molecule has 1 aliphatic rings. The first-order valence-electron chi connectivity index (χ1n) is 10.2. The van der Waals surface area contributed by atoms with Crippen LogP contribution in [-0.2, 0) is 4.74 Å². The number of benzene rings is 1. The number of aliphatic hydroxyl groups excluding tert-OH is 1. The fourth-order valence-corrected chi connectivity index (χ4v) is 5.78. The van der Waals surface area contributed by atoms with E-state index in [1.807, 2.05) is 0 Å². The zero-order chi connectivity index (χ0) is 20.4. The van der Waals surface area contributed by atoms with E-state index < -0.39 is 6.10 Å². The number of halogens is 2. The van der Waals surface area contributed by atoms with E-state index >= 15 is 0 Å². The Morgan fingerprint density at radius 1 is 1.19 bits per heavy atom. The molecule has 0 radical (unpaired) electrons. The van der Waals surface area contributed by atoms with Crippen molar-refractivity contribution in [2.45, 2.75) is 83.4 Å². The maximum atomic E-state index is 10.2. The quantitative estimate of drug-likeness (QED) is 0.505. The number of nitrogens with one attached hydrogen (secondary N) is 1. The van der Waals surface area contributed by atoms with Crippen LogP contribution in [0.2, 0.25) is 28.2 Å². The third-order valence-corrected chi connectivity index (χ3v) is 9.45. The first-order chi connectivity index (χ1) is 12.7. The van der Waals surface area contributed by atoms with Gasteiger partial charge in [0, 0.05) is 37.5 Å². The van der Waals surface area contributed by atoms with Gasteiger partial charge in [0.05, 0.1) is 17.8 Å². The molecule has 0 aliphatic carbocycles. The monoisotopic (exact) mass is 433 g/mol. The SMILES string of the molecule is CC1(C)CC[C@H](CNCC(O)c2c(Cl)cccc2Cl)O1.CC[SiH](CC)CC. The molecule has 1 saturated heterocycles. The molecule has 3 nitrogen and oxygen atoms in total. The Hall–Kier alpha value is -0.103. The molecule has 2 N–H and O–H groups in total. The molecule has 0 spiro atoms. The molecule has 1 fully saturated rings. The van der Waals surface area contributed by atoms with Gasteiger partial charge in [-0.2, -0.15) is 0 Å². The van der Waals surface area contributed by atoms with Crippen LogP contribution in [-0.4, -0.2) is 38.7 Å². The summed E-state index contributed by atoms with van der Waals surface area (Å²) in [4.78, 5) is 0. The van der Waals surface area contributed by atoms with Gasteiger partial charge in [0.1, 0.15) is 0 Å². The van der Waals surface area contributed by atoms with Crippen molar-refractivity contribution >= 4 is 32.0 Å². The number of hydrogen-bond acceptors (Lipinski definition) is 3. The van der Waals surface area contributed by atoms with Crippen molar-refractivity contribution in [1.82, 2.24) is 5.32 Å². The molecule has 1 aromatic rings. The molecule has 6 heteroatoms. The average molecular weight is 435 g/mol. The van der Waals surface area contributed by atoms with Gasteiger partial charge >= 0.3 is 0 Å². The van der Waals surface area contributed by atoms with Gasteiger partial charge in [0.15, 0.2) is 0 Å². The largest absolute Gasteiger partial charge is 0.387 e. The van der Waals surface area contributed by atoms with Crippen LogP contribution in [0.4, 0.5) is 0 Å². The van der Waals surface area contributed by atoms with E-state index in [4.69, 9.17) is 27.9 Å². The fourth-order valence-electron chi connectivity index (χ4n) is 3.40. The highest BCUT2D eigenvalue weighted by Gasteiger charge is 2.31. The predicted molar refractivity (Wildman–Crippen MR) is 121 cm³/mol. The summed E-state index contributed by atoms with van der Waals surface area (Å²) in [6, 6.07) is 9.71. The van der Waals surface area contributed by atoms with E-state index in [1.54, 1.807) is 18.2 Å². The molecule has 1 heterocycles. The van der Waals surface area contributed by atoms with E-state index in [2.05, 4.69) is 39.9 Å². The van der Waals surface area contributed by atoms with Gasteiger partial charge in [-0.3, -0.25) is 0 Å². The topological polar surface area (TPSA) is 41.5 Å². The summed E-state index contributed by atoms with van der Waals surface area (Å²) < 4.78 is 5.89. The van der Waals surface area contributed by atoms with Crippen molar-refractivity contribution in [3.05, 3.63) is 33.8 Å². The van der Waals surface area contributed by atoms with Gasteiger partial charge in [0.2, 0.25) is 0 Å². The minimum Gasteiger partial charge on any atom is -0.387 e. The second-order valence-electron chi connectivity index (χ2n) is 7.94. The van der Waals surface area contributed by atoms with E-state index in [0.717, 1.165) is 19.4 Å². The molecule has 1 aliphatic heterocycles. The fraction of sp³-hybridized carbons (Fsp3) is 0.714. The van der Waals surface area contributed by atoms with Crippen molar-refractivity contribution < 1.29 is 9.84 Å². The zero-order valence-corrected chi connectivity index (χ0v) is 20.2. The average Bonchev–Trinajstić information content (AvgIpc) is 2.96. The summed E-state index contributed by atoms with van der Waals surface area (Å²) >= 11 is 12.1. The molecule has 1 aromatic carbocycles. The Morgan fingerprint density at radius 3 is 2.15 bits per heavy atom. The van der Waals surface area contributed by atoms with E-state index in [-0.39, 0.29) is 20.5 Å². The van der Waals surface area contributed by atoms with Crippen LogP contribution in [0.5, 0.6) is 0 Å². The Kier molecular flexibility index (Phi) is 11.5. The second kappa shape index (κ2) is 12.5. The molecular weight excluding hydrogens is 397 g/mol. The lowest BCUT2D eigenvalue weighted by atomic mass is 10.1. The van der Waals surface area contributed by atoms with Crippen LogP contribution in [0.25, 0.3) is 0 Å². The molecule has 2 rings (SSSR count). The first-order valence-corrected chi connectivity index (χ1v) is 13.4. The summed E-state index contributed by atoms with van der Waals surface area (Å²) in [7, 11) is -0.171. The minimum absolute atomic E-state index is 0.0307. The highest BCUT2D eigenvalue weighted by Crippen LogP contribution is 2.31. The van der Waals surface area contributed by atoms with Crippen molar-refractivity contribution in [2.75, 3.05) is 13.1 Å². The van der Waals surface area contributed by atoms with Crippen LogP contribution < -0.4 is 5.32 Å². The third-order valence-electron chi connectivity index (χ3n) is 5.33. The van der Waals surface area contributed by atoms with Crippen LogP contribution in [0, 0.1) is 0 Å². The minimum atomic E-state index is -0.717. The molecule has 0 saturated carbocycles. The van der Waals surface area contributed by atoms with Gasteiger partial charge in [-0.05, 0) is 38.8 Å². The number of rotatable bonds is 8. The Morgan fingerprint density at radius 2 is 1.74 bits per heavy atom. The zero-order valence-electron chi connectivity index (χ0n) is 17.5. The molecule has 1 unspecified atom stereocenters. The standard InChI is InChI=1S/C15H21Cl2NO2.C6H16Si/c1-15(2)7-6-10(20-15)8-18-9-13(19)14-11(16)4-3-5-12(14)17;1-4-7(5-2)6-3/h3-5,10,13,18-19H,6-9H2,1-2H3;7H,4-6H2,1-3H3/t10-,13?;/m1./s1. The summed E-state index contributed by atoms with van der Waals surface area (Å²) in [5.74, 6) is 0. The second-order valence-corrected chi connectivity index (χ2v) is 12.9. The van der Waals surface area contributed by atoms with Gasteiger partial charge in [-0.15, -0.1) is 0 Å². The highest BCUT2D eigenvalue weighted by molar-refractivity contribution is 6.58. The van der Waals surface area contributed by atoms with Crippen LogP contribution in [0.1, 0.15) is 59.1 Å². The van der Waals surface area contributed by atoms with E-state index in [9.17, 15) is 5.11 Å². The number of hydrogen-bond donors (Lipinski definition) is 2. The summed E-state index contributed by atoms with van der Waals surface area (Å²) in [6.07, 6.45) is 1.60. The molecule has 2 atom stereocenters.